The number of hydrogen-bond donors (Lipinski definition) is 0. The normalized spacial score (nSPS) is 21.1. The molecule has 0 aliphatic carbocycles. The van der Waals surface area contributed by atoms with E-state index in [1.807, 2.05) is 0 Å². The minimum atomic E-state index is -0.354. The molecule has 1 unspecified atom stereocenters. The number of carbonyl (C=O) groups excluding carboxylic acids is 2. The summed E-state index contributed by atoms with van der Waals surface area (Å²) in [5, 5.41) is 0. The molecule has 0 aromatic heterocycles. The maximum Gasteiger partial charge on any atom is 0.333 e. The first kappa shape index (κ1) is 12.5. The van der Waals surface area contributed by atoms with E-state index in [-0.39, 0.29) is 17.8 Å². The first-order chi connectivity index (χ1) is 7.60. The van der Waals surface area contributed by atoms with Gasteiger partial charge in [0.25, 0.3) is 0 Å². The average Bonchev–Trinajstić information content (AvgIpc) is 2.60. The number of hydrogen-bond acceptors (Lipinski definition) is 3. The lowest BCUT2D eigenvalue weighted by Crippen LogP contribution is -2.21. The highest BCUT2D eigenvalue weighted by molar-refractivity contribution is 5.90. The van der Waals surface area contributed by atoms with Crippen molar-refractivity contribution in [2.24, 2.45) is 5.92 Å². The van der Waals surface area contributed by atoms with Crippen LogP contribution in [0.15, 0.2) is 24.4 Å². The van der Waals surface area contributed by atoms with E-state index in [2.05, 4.69) is 6.58 Å². The molecule has 1 fully saturated rings. The summed E-state index contributed by atoms with van der Waals surface area (Å²) in [6.45, 7) is 8.00. The summed E-state index contributed by atoms with van der Waals surface area (Å²) < 4.78 is 4.85. The Bertz CT molecular complexity index is 333. The average molecular weight is 223 g/mol. The quantitative estimate of drug-likeness (QED) is 0.536. The fourth-order valence-corrected chi connectivity index (χ4v) is 1.68. The third-order valence-corrected chi connectivity index (χ3v) is 2.55. The number of likely N-dealkylation sites (tertiary alicyclic amines) is 1. The van der Waals surface area contributed by atoms with E-state index in [0.29, 0.717) is 18.7 Å². The Balaban J connectivity index is 2.67. The highest BCUT2D eigenvalue weighted by Crippen LogP contribution is 2.20. The Labute approximate surface area is 95.6 Å². The molecule has 0 aromatic carbocycles. The van der Waals surface area contributed by atoms with Crippen LogP contribution in [0.4, 0.5) is 0 Å². The number of ether oxygens (including phenoxy) is 1. The molecule has 0 spiro atoms. The van der Waals surface area contributed by atoms with Crippen molar-refractivity contribution in [2.45, 2.75) is 20.3 Å². The number of nitrogens with zero attached hydrogens (tertiary/aromatic N) is 1. The van der Waals surface area contributed by atoms with Crippen molar-refractivity contribution in [3.63, 3.8) is 0 Å². The van der Waals surface area contributed by atoms with Crippen LogP contribution in [-0.4, -0.2) is 29.9 Å². The Kier molecular flexibility index (Phi) is 4.28. The lowest BCUT2D eigenvalue weighted by molar-refractivity contribution is -0.138. The summed E-state index contributed by atoms with van der Waals surface area (Å²) in [5.41, 5.74) is 0.492. The topological polar surface area (TPSA) is 46.6 Å². The molecule has 0 aromatic rings. The molecule has 1 rings (SSSR count). The van der Waals surface area contributed by atoms with Crippen LogP contribution in [0.3, 0.4) is 0 Å². The summed E-state index contributed by atoms with van der Waals surface area (Å²) in [6, 6.07) is 0. The molecule has 4 nitrogen and oxygen atoms in total. The van der Waals surface area contributed by atoms with E-state index in [1.165, 1.54) is 6.20 Å². The predicted molar refractivity (Wildman–Crippen MR) is 60.4 cm³/mol. The maximum absolute atomic E-state index is 11.7. The first-order valence-electron chi connectivity index (χ1n) is 5.38. The van der Waals surface area contributed by atoms with E-state index in [4.69, 9.17) is 4.74 Å². The third-order valence-electron chi connectivity index (χ3n) is 2.55. The van der Waals surface area contributed by atoms with E-state index in [0.717, 1.165) is 6.42 Å². The minimum absolute atomic E-state index is 0.00125. The van der Waals surface area contributed by atoms with Crippen molar-refractivity contribution in [3.8, 4) is 0 Å². The molecule has 1 aliphatic heterocycles. The maximum atomic E-state index is 11.7. The van der Waals surface area contributed by atoms with Gasteiger partial charge in [-0.2, -0.15) is 0 Å². The molecule has 1 aliphatic rings. The molecule has 16 heavy (non-hydrogen) atoms. The van der Waals surface area contributed by atoms with Crippen molar-refractivity contribution < 1.29 is 14.3 Å². The van der Waals surface area contributed by atoms with Gasteiger partial charge in [0, 0.05) is 12.1 Å². The van der Waals surface area contributed by atoms with Crippen molar-refractivity contribution in [1.82, 2.24) is 4.90 Å². The van der Waals surface area contributed by atoms with Crippen LogP contribution in [0.5, 0.6) is 0 Å². The standard InChI is InChI=1S/C12H17NO3/c1-4-13-7-6-10(11(13)14)8-9(3)12(15)16-5-2/h4,8,10H,1,5-7H2,2-3H3/b9-8+. The second-order valence-electron chi connectivity index (χ2n) is 3.68. The monoisotopic (exact) mass is 223 g/mol. The van der Waals surface area contributed by atoms with Gasteiger partial charge in [0.05, 0.1) is 12.5 Å². The smallest absolute Gasteiger partial charge is 0.333 e. The van der Waals surface area contributed by atoms with Crippen LogP contribution in [0.2, 0.25) is 0 Å². The van der Waals surface area contributed by atoms with Crippen molar-refractivity contribution >= 4 is 11.9 Å². The molecular weight excluding hydrogens is 206 g/mol. The molecule has 0 saturated carbocycles. The molecule has 1 atom stereocenters. The van der Waals surface area contributed by atoms with Gasteiger partial charge in [0.15, 0.2) is 0 Å². The van der Waals surface area contributed by atoms with Gasteiger partial charge in [-0.1, -0.05) is 12.7 Å². The van der Waals surface area contributed by atoms with Gasteiger partial charge >= 0.3 is 5.97 Å². The second-order valence-corrected chi connectivity index (χ2v) is 3.68. The van der Waals surface area contributed by atoms with E-state index < -0.39 is 0 Å². The lowest BCUT2D eigenvalue weighted by atomic mass is 10.1. The van der Waals surface area contributed by atoms with Crippen LogP contribution in [-0.2, 0) is 14.3 Å². The first-order valence-corrected chi connectivity index (χ1v) is 5.38. The van der Waals surface area contributed by atoms with Crippen LogP contribution >= 0.6 is 0 Å². The minimum Gasteiger partial charge on any atom is -0.463 e. The summed E-state index contributed by atoms with van der Waals surface area (Å²) in [6.07, 6.45) is 3.93. The molecule has 1 amide bonds. The zero-order chi connectivity index (χ0) is 12.1. The van der Waals surface area contributed by atoms with Crippen molar-refractivity contribution in [2.75, 3.05) is 13.2 Å². The Hall–Kier alpha value is -1.58. The number of rotatable bonds is 4. The van der Waals surface area contributed by atoms with Gasteiger partial charge in [-0.15, -0.1) is 0 Å². The van der Waals surface area contributed by atoms with Gasteiger partial charge in [-0.25, -0.2) is 4.79 Å². The Morgan fingerprint density at radius 3 is 2.88 bits per heavy atom. The Morgan fingerprint density at radius 1 is 1.69 bits per heavy atom. The summed E-state index contributed by atoms with van der Waals surface area (Å²) in [5.74, 6) is -0.576. The molecule has 0 N–H and O–H groups in total. The number of esters is 1. The highest BCUT2D eigenvalue weighted by atomic mass is 16.5. The third kappa shape index (κ3) is 2.72. The van der Waals surface area contributed by atoms with Crippen molar-refractivity contribution in [1.29, 1.82) is 0 Å². The van der Waals surface area contributed by atoms with Crippen LogP contribution < -0.4 is 0 Å². The zero-order valence-electron chi connectivity index (χ0n) is 9.73. The predicted octanol–water partition coefficient (Wildman–Crippen LogP) is 1.49. The molecule has 4 heteroatoms. The molecule has 0 radical (unpaired) electrons. The number of carbonyl (C=O) groups is 2. The van der Waals surface area contributed by atoms with Gasteiger partial charge in [-0.05, 0) is 26.5 Å². The fourth-order valence-electron chi connectivity index (χ4n) is 1.68. The van der Waals surface area contributed by atoms with E-state index in [9.17, 15) is 9.59 Å². The zero-order valence-corrected chi connectivity index (χ0v) is 9.73. The van der Waals surface area contributed by atoms with Crippen LogP contribution in [0, 0.1) is 5.92 Å². The summed E-state index contributed by atoms with van der Waals surface area (Å²) >= 11 is 0. The van der Waals surface area contributed by atoms with Gasteiger partial charge in [0.1, 0.15) is 0 Å². The molecular formula is C12H17NO3. The van der Waals surface area contributed by atoms with E-state index >= 15 is 0 Å². The SMILES string of the molecule is C=CN1CCC(/C=C(\C)C(=O)OCC)C1=O. The number of amides is 1. The van der Waals surface area contributed by atoms with Gasteiger partial charge in [0.2, 0.25) is 5.91 Å². The fraction of sp³-hybridized carbons (Fsp3) is 0.500. The molecule has 1 heterocycles. The van der Waals surface area contributed by atoms with Gasteiger partial charge in [-0.3, -0.25) is 4.79 Å². The summed E-state index contributed by atoms with van der Waals surface area (Å²) in [7, 11) is 0. The molecule has 1 saturated heterocycles. The summed E-state index contributed by atoms with van der Waals surface area (Å²) in [4.78, 5) is 24.6. The lowest BCUT2D eigenvalue weighted by Gasteiger charge is -2.09. The molecule has 0 bridgehead atoms. The van der Waals surface area contributed by atoms with E-state index in [1.54, 1.807) is 24.8 Å². The van der Waals surface area contributed by atoms with Crippen molar-refractivity contribution in [3.05, 3.63) is 24.4 Å². The molecule has 88 valence electrons. The van der Waals surface area contributed by atoms with Gasteiger partial charge < -0.3 is 9.64 Å². The second kappa shape index (κ2) is 5.49. The Morgan fingerprint density at radius 2 is 2.38 bits per heavy atom. The van der Waals surface area contributed by atoms with Crippen LogP contribution in [0.1, 0.15) is 20.3 Å². The van der Waals surface area contributed by atoms with Crippen LogP contribution in [0.25, 0.3) is 0 Å². The highest BCUT2D eigenvalue weighted by Gasteiger charge is 2.28. The largest absolute Gasteiger partial charge is 0.463 e.